The summed E-state index contributed by atoms with van der Waals surface area (Å²) in [7, 11) is 0. The van der Waals surface area contributed by atoms with E-state index in [2.05, 4.69) is 6.07 Å². The van der Waals surface area contributed by atoms with Gasteiger partial charge in [-0.2, -0.15) is 0 Å². The van der Waals surface area contributed by atoms with E-state index in [4.69, 9.17) is 0 Å². The van der Waals surface area contributed by atoms with Gasteiger partial charge in [0.15, 0.2) is 0 Å². The third-order valence-electron chi connectivity index (χ3n) is 2.66. The number of rotatable bonds is 2. The highest BCUT2D eigenvalue weighted by molar-refractivity contribution is 7.98. The fourth-order valence-electron chi connectivity index (χ4n) is 1.97. The van der Waals surface area contributed by atoms with Crippen LogP contribution in [-0.4, -0.2) is 10.8 Å². The second-order valence-corrected chi connectivity index (χ2v) is 4.88. The SMILES string of the molecule is CSc1cc(=O)n(C(C)C)c2ccccc12. The lowest BCUT2D eigenvalue weighted by molar-refractivity contribution is 0.599. The van der Waals surface area contributed by atoms with Gasteiger partial charge in [-0.25, -0.2) is 0 Å². The van der Waals surface area contributed by atoms with Crippen molar-refractivity contribution in [2.75, 3.05) is 6.26 Å². The molecule has 0 aliphatic carbocycles. The molecule has 0 saturated carbocycles. The molecule has 2 rings (SSSR count). The van der Waals surface area contributed by atoms with Gasteiger partial charge in [-0.3, -0.25) is 4.79 Å². The molecule has 3 heteroatoms. The largest absolute Gasteiger partial charge is 0.306 e. The van der Waals surface area contributed by atoms with Crippen LogP contribution < -0.4 is 5.56 Å². The van der Waals surface area contributed by atoms with Gasteiger partial charge in [0, 0.05) is 22.4 Å². The summed E-state index contributed by atoms with van der Waals surface area (Å²) in [6, 6.07) is 9.98. The molecule has 0 N–H and O–H groups in total. The predicted molar refractivity (Wildman–Crippen MR) is 70.4 cm³/mol. The maximum absolute atomic E-state index is 12.0. The molecule has 2 nitrogen and oxygen atoms in total. The van der Waals surface area contributed by atoms with Gasteiger partial charge in [0.05, 0.1) is 5.52 Å². The maximum atomic E-state index is 12.0. The van der Waals surface area contributed by atoms with E-state index in [1.165, 1.54) is 0 Å². The Balaban J connectivity index is 2.92. The van der Waals surface area contributed by atoms with Crippen molar-refractivity contribution in [1.29, 1.82) is 0 Å². The van der Waals surface area contributed by atoms with Crippen LogP contribution in [0.2, 0.25) is 0 Å². The predicted octanol–water partition coefficient (Wildman–Crippen LogP) is 3.30. The topological polar surface area (TPSA) is 22.0 Å². The molecule has 0 amide bonds. The van der Waals surface area contributed by atoms with E-state index in [0.29, 0.717) is 0 Å². The molecule has 0 bridgehead atoms. The highest BCUT2D eigenvalue weighted by Crippen LogP contribution is 2.25. The zero-order valence-corrected chi connectivity index (χ0v) is 10.5. The van der Waals surface area contributed by atoms with E-state index in [1.807, 2.05) is 42.9 Å². The number of hydrogen-bond acceptors (Lipinski definition) is 2. The Bertz CT molecular complexity index is 572. The van der Waals surface area contributed by atoms with Crippen LogP contribution >= 0.6 is 11.8 Å². The molecule has 1 aromatic heterocycles. The number of para-hydroxylation sites is 1. The van der Waals surface area contributed by atoms with Gasteiger partial charge in [0.25, 0.3) is 5.56 Å². The zero-order valence-electron chi connectivity index (χ0n) is 9.73. The van der Waals surface area contributed by atoms with Gasteiger partial charge in [-0.05, 0) is 26.2 Å². The van der Waals surface area contributed by atoms with Gasteiger partial charge in [-0.15, -0.1) is 11.8 Å². The molecule has 84 valence electrons. The summed E-state index contributed by atoms with van der Waals surface area (Å²) < 4.78 is 1.84. The van der Waals surface area contributed by atoms with Gasteiger partial charge >= 0.3 is 0 Å². The van der Waals surface area contributed by atoms with Crippen LogP contribution in [0, 0.1) is 0 Å². The molecule has 0 atom stereocenters. The van der Waals surface area contributed by atoms with E-state index in [9.17, 15) is 4.79 Å². The van der Waals surface area contributed by atoms with Crippen molar-refractivity contribution in [3.63, 3.8) is 0 Å². The van der Waals surface area contributed by atoms with Crippen LogP contribution in [0.1, 0.15) is 19.9 Å². The Morgan fingerprint density at radius 1 is 1.25 bits per heavy atom. The van der Waals surface area contributed by atoms with Crippen LogP contribution in [0.5, 0.6) is 0 Å². The van der Waals surface area contributed by atoms with Crippen molar-refractivity contribution in [2.24, 2.45) is 0 Å². The van der Waals surface area contributed by atoms with Crippen molar-refractivity contribution in [1.82, 2.24) is 4.57 Å². The van der Waals surface area contributed by atoms with E-state index < -0.39 is 0 Å². The molecule has 1 heterocycles. The average molecular weight is 233 g/mol. The number of fused-ring (bicyclic) bond motifs is 1. The lowest BCUT2D eigenvalue weighted by atomic mass is 10.2. The summed E-state index contributed by atoms with van der Waals surface area (Å²) in [5.74, 6) is 0. The molecule has 0 aliphatic heterocycles. The first-order chi connectivity index (χ1) is 7.65. The van der Waals surface area contributed by atoms with Crippen LogP contribution in [0.15, 0.2) is 40.0 Å². The minimum absolute atomic E-state index is 0.0815. The lowest BCUT2D eigenvalue weighted by Crippen LogP contribution is -2.21. The van der Waals surface area contributed by atoms with E-state index >= 15 is 0 Å². The summed E-state index contributed by atoms with van der Waals surface area (Å²) in [6.07, 6.45) is 2.00. The minimum atomic E-state index is 0.0815. The van der Waals surface area contributed by atoms with E-state index in [1.54, 1.807) is 17.8 Å². The summed E-state index contributed by atoms with van der Waals surface area (Å²) in [5, 5.41) is 1.16. The number of pyridine rings is 1. The highest BCUT2D eigenvalue weighted by atomic mass is 32.2. The standard InChI is InChI=1S/C13H15NOS/c1-9(2)14-11-7-5-4-6-10(11)12(16-3)8-13(14)15/h4-9H,1-3H3. The molecule has 0 unspecified atom stereocenters. The molecule has 16 heavy (non-hydrogen) atoms. The van der Waals surface area contributed by atoms with Crippen LogP contribution in [-0.2, 0) is 0 Å². The molecular weight excluding hydrogens is 218 g/mol. The van der Waals surface area contributed by atoms with Gasteiger partial charge in [-0.1, -0.05) is 18.2 Å². The smallest absolute Gasteiger partial charge is 0.252 e. The van der Waals surface area contributed by atoms with Crippen molar-refractivity contribution in [3.05, 3.63) is 40.7 Å². The molecule has 1 aromatic carbocycles. The van der Waals surface area contributed by atoms with Crippen LogP contribution in [0.4, 0.5) is 0 Å². The van der Waals surface area contributed by atoms with Gasteiger partial charge in [0.1, 0.15) is 0 Å². The Labute approximate surface area is 99.3 Å². The Morgan fingerprint density at radius 3 is 2.56 bits per heavy atom. The first-order valence-corrected chi connectivity index (χ1v) is 6.56. The maximum Gasteiger partial charge on any atom is 0.252 e. The average Bonchev–Trinajstić information content (AvgIpc) is 2.27. The third-order valence-corrected chi connectivity index (χ3v) is 3.43. The summed E-state index contributed by atoms with van der Waals surface area (Å²) in [6.45, 7) is 4.07. The van der Waals surface area contributed by atoms with E-state index in [-0.39, 0.29) is 11.6 Å². The molecule has 0 spiro atoms. The van der Waals surface area contributed by atoms with E-state index in [0.717, 1.165) is 15.8 Å². The number of aromatic nitrogens is 1. The summed E-state index contributed by atoms with van der Waals surface area (Å²) in [5.41, 5.74) is 1.10. The van der Waals surface area contributed by atoms with Gasteiger partial charge in [0.2, 0.25) is 0 Å². The number of benzene rings is 1. The Kier molecular flexibility index (Phi) is 3.06. The van der Waals surface area contributed by atoms with Gasteiger partial charge < -0.3 is 4.57 Å². The molecule has 0 aliphatic rings. The first kappa shape index (κ1) is 11.3. The Morgan fingerprint density at radius 2 is 1.94 bits per heavy atom. The van der Waals surface area contributed by atoms with Crippen molar-refractivity contribution >= 4 is 22.7 Å². The first-order valence-electron chi connectivity index (χ1n) is 5.33. The zero-order chi connectivity index (χ0) is 11.7. The Hall–Kier alpha value is -1.22. The third kappa shape index (κ3) is 1.76. The lowest BCUT2D eigenvalue weighted by Gasteiger charge is -2.15. The van der Waals surface area contributed by atoms with Crippen LogP contribution in [0.3, 0.4) is 0 Å². The van der Waals surface area contributed by atoms with Crippen molar-refractivity contribution in [2.45, 2.75) is 24.8 Å². The molecule has 2 aromatic rings. The number of thioether (sulfide) groups is 1. The quantitative estimate of drug-likeness (QED) is 0.742. The monoisotopic (exact) mass is 233 g/mol. The highest BCUT2D eigenvalue weighted by Gasteiger charge is 2.09. The molecule has 0 fully saturated rings. The van der Waals surface area contributed by atoms with Crippen molar-refractivity contribution < 1.29 is 0 Å². The van der Waals surface area contributed by atoms with Crippen molar-refractivity contribution in [3.8, 4) is 0 Å². The number of nitrogens with zero attached hydrogens (tertiary/aromatic N) is 1. The second-order valence-electron chi connectivity index (χ2n) is 4.03. The fraction of sp³-hybridized carbons (Fsp3) is 0.308. The molecule has 0 saturated heterocycles. The molecular formula is C13H15NOS. The second kappa shape index (κ2) is 4.34. The molecule has 0 radical (unpaired) electrons. The summed E-state index contributed by atoms with van der Waals surface area (Å²) in [4.78, 5) is 13.1. The number of hydrogen-bond donors (Lipinski definition) is 0. The van der Waals surface area contributed by atoms with Crippen LogP contribution in [0.25, 0.3) is 10.9 Å². The minimum Gasteiger partial charge on any atom is -0.306 e. The normalized spacial score (nSPS) is 11.2. The summed E-state index contributed by atoms with van der Waals surface area (Å²) >= 11 is 1.62. The fourth-order valence-corrected chi connectivity index (χ4v) is 2.58.